The highest BCUT2D eigenvalue weighted by molar-refractivity contribution is 9.10. The fourth-order valence-corrected chi connectivity index (χ4v) is 3.35. The molecule has 0 aliphatic heterocycles. The van der Waals surface area contributed by atoms with Crippen LogP contribution >= 0.6 is 39.3 Å². The van der Waals surface area contributed by atoms with Gasteiger partial charge in [0.2, 0.25) is 0 Å². The normalized spacial score (nSPS) is 10.8. The number of aromatic nitrogens is 3. The summed E-state index contributed by atoms with van der Waals surface area (Å²) in [5, 5.41) is 10.0. The van der Waals surface area contributed by atoms with E-state index >= 15 is 0 Å². The maximum absolute atomic E-state index is 6.23. The zero-order chi connectivity index (χ0) is 16.9. The first kappa shape index (κ1) is 17.3. The van der Waals surface area contributed by atoms with Crippen LogP contribution in [0.25, 0.3) is 11.4 Å². The van der Waals surface area contributed by atoms with Crippen LogP contribution in [0.15, 0.2) is 58.2 Å². The molecule has 0 radical (unpaired) electrons. The van der Waals surface area contributed by atoms with Crippen molar-refractivity contribution in [1.29, 1.82) is 0 Å². The van der Waals surface area contributed by atoms with Crippen molar-refractivity contribution < 1.29 is 4.74 Å². The number of ether oxygens (including phenoxy) is 1. The predicted octanol–water partition coefficient (Wildman–Crippen LogP) is 5.07. The molecule has 0 unspecified atom stereocenters. The van der Waals surface area contributed by atoms with Crippen LogP contribution in [0.2, 0.25) is 5.02 Å². The number of benzene rings is 2. The summed E-state index contributed by atoms with van der Waals surface area (Å²) in [6.07, 6.45) is 0. The first-order valence-electron chi connectivity index (χ1n) is 7.30. The quantitative estimate of drug-likeness (QED) is 0.409. The molecule has 0 fully saturated rings. The minimum absolute atomic E-state index is 0.598. The lowest BCUT2D eigenvalue weighted by molar-refractivity contribution is 0.344. The van der Waals surface area contributed by atoms with Gasteiger partial charge in [-0.15, -0.1) is 10.2 Å². The molecule has 0 saturated carbocycles. The van der Waals surface area contributed by atoms with E-state index in [1.165, 1.54) is 0 Å². The number of halogens is 2. The molecule has 0 N–H and O–H groups in total. The molecule has 3 aromatic rings. The van der Waals surface area contributed by atoms with Crippen molar-refractivity contribution in [1.82, 2.24) is 14.8 Å². The van der Waals surface area contributed by atoms with Gasteiger partial charge < -0.3 is 9.30 Å². The van der Waals surface area contributed by atoms with Crippen LogP contribution in [-0.4, -0.2) is 27.1 Å². The van der Waals surface area contributed by atoms with E-state index in [0.29, 0.717) is 11.6 Å². The number of thioether (sulfide) groups is 1. The molecule has 3 rings (SSSR count). The first-order chi connectivity index (χ1) is 11.6. The fourth-order valence-electron chi connectivity index (χ4n) is 2.14. The van der Waals surface area contributed by atoms with Gasteiger partial charge in [-0.1, -0.05) is 51.4 Å². The Morgan fingerprint density at radius 1 is 1.12 bits per heavy atom. The Hall–Kier alpha value is -1.50. The molecule has 124 valence electrons. The smallest absolute Gasteiger partial charge is 0.191 e. The maximum atomic E-state index is 6.23. The minimum atomic E-state index is 0.598. The van der Waals surface area contributed by atoms with E-state index in [9.17, 15) is 0 Å². The van der Waals surface area contributed by atoms with E-state index in [0.717, 1.165) is 32.5 Å². The molecule has 4 nitrogen and oxygen atoms in total. The molecule has 0 amide bonds. The summed E-state index contributed by atoms with van der Waals surface area (Å²) in [7, 11) is 1.94. The summed E-state index contributed by atoms with van der Waals surface area (Å²) < 4.78 is 8.70. The predicted molar refractivity (Wildman–Crippen MR) is 102 cm³/mol. The zero-order valence-corrected chi connectivity index (χ0v) is 16.1. The molecule has 0 bridgehead atoms. The lowest BCUT2D eigenvalue weighted by atomic mass is 10.2. The Bertz CT molecular complexity index is 823. The minimum Gasteiger partial charge on any atom is -0.493 e. The van der Waals surface area contributed by atoms with E-state index in [2.05, 4.69) is 26.1 Å². The summed E-state index contributed by atoms with van der Waals surface area (Å²) in [6, 6.07) is 15.4. The van der Waals surface area contributed by atoms with E-state index in [1.54, 1.807) is 11.8 Å². The topological polar surface area (TPSA) is 39.9 Å². The Balaban J connectivity index is 1.59. The number of hydrogen-bond donors (Lipinski definition) is 0. The average Bonchev–Trinajstić information content (AvgIpc) is 2.94. The summed E-state index contributed by atoms with van der Waals surface area (Å²) in [4.78, 5) is 0. The Morgan fingerprint density at radius 3 is 2.62 bits per heavy atom. The molecular formula is C17H15BrClN3OS. The van der Waals surface area contributed by atoms with Crippen LogP contribution in [0.1, 0.15) is 0 Å². The molecule has 1 aromatic heterocycles. The van der Waals surface area contributed by atoms with Crippen molar-refractivity contribution in [3.8, 4) is 17.1 Å². The summed E-state index contributed by atoms with van der Waals surface area (Å²) in [6.45, 7) is 0.598. The lowest BCUT2D eigenvalue weighted by Gasteiger charge is -2.07. The van der Waals surface area contributed by atoms with Gasteiger partial charge in [0, 0.05) is 22.8 Å². The third-order valence-corrected chi connectivity index (χ3v) is 5.19. The number of nitrogens with zero attached hydrogens (tertiary/aromatic N) is 3. The Labute approximate surface area is 158 Å². The second-order valence-corrected chi connectivity index (χ2v) is 7.38. The fraction of sp³-hybridized carbons (Fsp3) is 0.176. The van der Waals surface area contributed by atoms with Gasteiger partial charge in [0.05, 0.1) is 11.6 Å². The standard InChI is InChI=1S/C17H15BrClN3OS/c1-22-16(14-4-2-3-5-15(14)19)20-21-17(22)24-11-10-23-13-8-6-12(18)7-9-13/h2-9H,10-11H2,1H3. The highest BCUT2D eigenvalue weighted by Gasteiger charge is 2.13. The lowest BCUT2D eigenvalue weighted by Crippen LogP contribution is -2.02. The first-order valence-corrected chi connectivity index (χ1v) is 9.46. The van der Waals surface area contributed by atoms with E-state index in [1.807, 2.05) is 60.1 Å². The van der Waals surface area contributed by atoms with Gasteiger partial charge in [0.1, 0.15) is 5.75 Å². The van der Waals surface area contributed by atoms with Gasteiger partial charge in [-0.25, -0.2) is 0 Å². The van der Waals surface area contributed by atoms with Crippen molar-refractivity contribution in [2.24, 2.45) is 7.05 Å². The van der Waals surface area contributed by atoms with Gasteiger partial charge in [0.15, 0.2) is 11.0 Å². The molecule has 24 heavy (non-hydrogen) atoms. The van der Waals surface area contributed by atoms with Crippen LogP contribution < -0.4 is 4.74 Å². The summed E-state index contributed by atoms with van der Waals surface area (Å²) in [5.74, 6) is 2.40. The molecule has 0 spiro atoms. The highest BCUT2D eigenvalue weighted by atomic mass is 79.9. The van der Waals surface area contributed by atoms with Gasteiger partial charge >= 0.3 is 0 Å². The van der Waals surface area contributed by atoms with Gasteiger partial charge in [-0.3, -0.25) is 0 Å². The maximum Gasteiger partial charge on any atom is 0.191 e. The van der Waals surface area contributed by atoms with Crippen molar-refractivity contribution in [2.45, 2.75) is 5.16 Å². The molecule has 2 aromatic carbocycles. The average molecular weight is 425 g/mol. The zero-order valence-electron chi connectivity index (χ0n) is 12.9. The highest BCUT2D eigenvalue weighted by Crippen LogP contribution is 2.28. The largest absolute Gasteiger partial charge is 0.493 e. The van der Waals surface area contributed by atoms with Crippen LogP contribution in [-0.2, 0) is 7.05 Å². The van der Waals surface area contributed by atoms with Crippen LogP contribution in [0.5, 0.6) is 5.75 Å². The molecule has 0 aliphatic carbocycles. The molecular weight excluding hydrogens is 410 g/mol. The van der Waals surface area contributed by atoms with E-state index in [-0.39, 0.29) is 0 Å². The van der Waals surface area contributed by atoms with Crippen LogP contribution in [0.3, 0.4) is 0 Å². The van der Waals surface area contributed by atoms with Crippen molar-refractivity contribution >= 4 is 39.3 Å². The van der Waals surface area contributed by atoms with Crippen LogP contribution in [0, 0.1) is 0 Å². The number of hydrogen-bond acceptors (Lipinski definition) is 4. The SMILES string of the molecule is Cn1c(SCCOc2ccc(Br)cc2)nnc1-c1ccccc1Cl. The molecule has 0 saturated heterocycles. The molecule has 1 heterocycles. The van der Waals surface area contributed by atoms with E-state index in [4.69, 9.17) is 16.3 Å². The summed E-state index contributed by atoms with van der Waals surface area (Å²) >= 11 is 11.2. The van der Waals surface area contributed by atoms with E-state index < -0.39 is 0 Å². The second kappa shape index (κ2) is 8.05. The monoisotopic (exact) mass is 423 g/mol. The third-order valence-electron chi connectivity index (χ3n) is 3.35. The van der Waals surface area contributed by atoms with Crippen molar-refractivity contribution in [2.75, 3.05) is 12.4 Å². The molecule has 0 atom stereocenters. The van der Waals surface area contributed by atoms with Crippen molar-refractivity contribution in [3.63, 3.8) is 0 Å². The number of rotatable bonds is 6. The summed E-state index contributed by atoms with van der Waals surface area (Å²) in [5.41, 5.74) is 0.882. The molecule has 7 heteroatoms. The van der Waals surface area contributed by atoms with Gasteiger partial charge in [-0.2, -0.15) is 0 Å². The second-order valence-electron chi connectivity index (χ2n) is 5.00. The van der Waals surface area contributed by atoms with Gasteiger partial charge in [0.25, 0.3) is 0 Å². The third kappa shape index (κ3) is 4.12. The van der Waals surface area contributed by atoms with Gasteiger partial charge in [-0.05, 0) is 36.4 Å². The Morgan fingerprint density at radius 2 is 1.88 bits per heavy atom. The van der Waals surface area contributed by atoms with Crippen LogP contribution in [0.4, 0.5) is 0 Å². The Kier molecular flexibility index (Phi) is 5.81. The molecule has 0 aliphatic rings. The van der Waals surface area contributed by atoms with Crippen molar-refractivity contribution in [3.05, 3.63) is 58.0 Å².